The molecule has 1 fully saturated rings. The minimum atomic E-state index is 0.0466. The fraction of sp³-hybridized carbons (Fsp3) is 0.667. The van der Waals surface area contributed by atoms with Crippen LogP contribution in [0.2, 0.25) is 0 Å². The zero-order chi connectivity index (χ0) is 14.2. The first-order valence-electron chi connectivity index (χ1n) is 7.08. The Kier molecular flexibility index (Phi) is 4.39. The number of hydrogen-bond acceptors (Lipinski definition) is 1. The summed E-state index contributed by atoms with van der Waals surface area (Å²) < 4.78 is 2.97. The van der Waals surface area contributed by atoms with E-state index in [9.17, 15) is 4.79 Å². The van der Waals surface area contributed by atoms with E-state index in [4.69, 9.17) is 0 Å². The predicted molar refractivity (Wildman–Crippen MR) is 81.3 cm³/mol. The molecule has 3 nitrogen and oxygen atoms in total. The highest BCUT2D eigenvalue weighted by atomic mass is 79.9. The Morgan fingerprint density at radius 3 is 2.63 bits per heavy atom. The summed E-state index contributed by atoms with van der Waals surface area (Å²) in [6.07, 6.45) is 4.28. The average Bonchev–Trinajstić information content (AvgIpc) is 2.87. The van der Waals surface area contributed by atoms with Crippen LogP contribution in [0.25, 0.3) is 0 Å². The van der Waals surface area contributed by atoms with Crippen LogP contribution >= 0.6 is 15.9 Å². The first-order chi connectivity index (χ1) is 8.90. The van der Waals surface area contributed by atoms with E-state index in [2.05, 4.69) is 48.9 Å². The van der Waals surface area contributed by atoms with Gasteiger partial charge in [0.2, 0.25) is 0 Å². The third kappa shape index (κ3) is 3.04. The minimum absolute atomic E-state index is 0.0466. The van der Waals surface area contributed by atoms with Crippen LogP contribution in [0.4, 0.5) is 0 Å². The fourth-order valence-electron chi connectivity index (χ4n) is 2.87. The van der Waals surface area contributed by atoms with E-state index in [0.717, 1.165) is 16.6 Å². The van der Waals surface area contributed by atoms with Gasteiger partial charge >= 0.3 is 0 Å². The van der Waals surface area contributed by atoms with E-state index in [1.807, 2.05) is 16.8 Å². The van der Waals surface area contributed by atoms with E-state index in [1.165, 1.54) is 6.42 Å². The zero-order valence-electron chi connectivity index (χ0n) is 12.1. The summed E-state index contributed by atoms with van der Waals surface area (Å²) in [5.41, 5.74) is 0.744. The van der Waals surface area contributed by atoms with Crippen LogP contribution in [0.3, 0.4) is 0 Å². The van der Waals surface area contributed by atoms with Crippen molar-refractivity contribution >= 4 is 21.8 Å². The molecular weight excluding hydrogens is 304 g/mol. The van der Waals surface area contributed by atoms with Crippen molar-refractivity contribution in [1.82, 2.24) is 9.88 Å². The third-order valence-electron chi connectivity index (χ3n) is 4.39. The highest BCUT2D eigenvalue weighted by Gasteiger charge is 2.31. The molecule has 0 saturated heterocycles. The largest absolute Gasteiger partial charge is 0.348 e. The van der Waals surface area contributed by atoms with E-state index in [-0.39, 0.29) is 11.9 Å². The molecule has 4 heteroatoms. The molecule has 1 aliphatic rings. The van der Waals surface area contributed by atoms with E-state index < -0.39 is 0 Å². The summed E-state index contributed by atoms with van der Waals surface area (Å²) in [5, 5.41) is 3.20. The molecule has 0 bridgehead atoms. The van der Waals surface area contributed by atoms with Crippen LogP contribution in [0.5, 0.6) is 0 Å². The first-order valence-corrected chi connectivity index (χ1v) is 7.87. The summed E-state index contributed by atoms with van der Waals surface area (Å²) in [4.78, 5) is 12.4. The van der Waals surface area contributed by atoms with Crippen molar-refractivity contribution in [3.8, 4) is 0 Å². The Bertz CT molecular complexity index is 467. The van der Waals surface area contributed by atoms with Crippen molar-refractivity contribution in [2.75, 3.05) is 0 Å². The normalized spacial score (nSPS) is 26.9. The van der Waals surface area contributed by atoms with Gasteiger partial charge in [-0.05, 0) is 60.5 Å². The molecule has 1 amide bonds. The maximum Gasteiger partial charge on any atom is 0.268 e. The number of halogens is 1. The third-order valence-corrected chi connectivity index (χ3v) is 4.82. The van der Waals surface area contributed by atoms with Crippen LogP contribution < -0.4 is 5.32 Å². The number of carbonyl (C=O) groups is 1. The molecule has 0 aromatic carbocycles. The number of hydrogen-bond donors (Lipinski definition) is 1. The molecule has 1 saturated carbocycles. The number of nitrogens with one attached hydrogen (secondary N) is 1. The lowest BCUT2D eigenvalue weighted by molar-refractivity contribution is 0.0916. The lowest BCUT2D eigenvalue weighted by atomic mass is 9.98. The summed E-state index contributed by atoms with van der Waals surface area (Å²) in [6.45, 7) is 8.68. The first kappa shape index (κ1) is 14.6. The smallest absolute Gasteiger partial charge is 0.268 e. The van der Waals surface area contributed by atoms with Crippen LogP contribution in [0.15, 0.2) is 16.7 Å². The van der Waals surface area contributed by atoms with Gasteiger partial charge in [0.05, 0.1) is 0 Å². The zero-order valence-corrected chi connectivity index (χ0v) is 13.7. The molecule has 2 rings (SSSR count). The van der Waals surface area contributed by atoms with Gasteiger partial charge in [-0.1, -0.05) is 13.8 Å². The monoisotopic (exact) mass is 326 g/mol. The second kappa shape index (κ2) is 5.70. The van der Waals surface area contributed by atoms with Crippen LogP contribution in [0.1, 0.15) is 57.1 Å². The second-order valence-electron chi connectivity index (χ2n) is 6.04. The van der Waals surface area contributed by atoms with Gasteiger partial charge in [0.1, 0.15) is 5.69 Å². The molecule has 1 aromatic rings. The summed E-state index contributed by atoms with van der Waals surface area (Å²) in [7, 11) is 0. The molecule has 1 aromatic heterocycles. The minimum Gasteiger partial charge on any atom is -0.348 e. The predicted octanol–water partition coefficient (Wildman–Crippen LogP) is 4.00. The summed E-state index contributed by atoms with van der Waals surface area (Å²) in [6, 6.07) is 2.50. The van der Waals surface area contributed by atoms with Crippen molar-refractivity contribution in [1.29, 1.82) is 0 Å². The Balaban J connectivity index is 2.12. The molecule has 0 aliphatic heterocycles. The summed E-state index contributed by atoms with van der Waals surface area (Å²) in [5.74, 6) is 1.31. The summed E-state index contributed by atoms with van der Waals surface area (Å²) >= 11 is 3.45. The molecule has 1 heterocycles. The van der Waals surface area contributed by atoms with Crippen LogP contribution in [-0.4, -0.2) is 16.5 Å². The standard InChI is InChI=1S/C15H23BrN2O/c1-9(2)18-8-12(16)7-14(18)15(19)17-13-6-5-10(3)11(13)4/h7-11,13H,5-6H2,1-4H3,(H,17,19). The van der Waals surface area contributed by atoms with E-state index >= 15 is 0 Å². The molecule has 106 valence electrons. The molecule has 19 heavy (non-hydrogen) atoms. The van der Waals surface area contributed by atoms with Gasteiger partial charge in [0.25, 0.3) is 5.91 Å². The Labute approximate surface area is 123 Å². The number of aromatic nitrogens is 1. The van der Waals surface area contributed by atoms with Gasteiger partial charge in [-0.25, -0.2) is 0 Å². The lowest BCUT2D eigenvalue weighted by Crippen LogP contribution is -2.38. The highest BCUT2D eigenvalue weighted by molar-refractivity contribution is 9.10. The van der Waals surface area contributed by atoms with Crippen LogP contribution in [-0.2, 0) is 0 Å². The van der Waals surface area contributed by atoms with Gasteiger partial charge in [-0.3, -0.25) is 4.79 Å². The molecule has 3 unspecified atom stereocenters. The van der Waals surface area contributed by atoms with E-state index in [0.29, 0.717) is 17.9 Å². The van der Waals surface area contributed by atoms with Gasteiger partial charge in [-0.15, -0.1) is 0 Å². The van der Waals surface area contributed by atoms with E-state index in [1.54, 1.807) is 0 Å². The molecule has 1 aliphatic carbocycles. The molecule has 1 N–H and O–H groups in total. The Morgan fingerprint density at radius 1 is 1.42 bits per heavy atom. The number of rotatable bonds is 3. The maximum atomic E-state index is 12.4. The molecule has 3 atom stereocenters. The van der Waals surface area contributed by atoms with Gasteiger partial charge < -0.3 is 9.88 Å². The Morgan fingerprint density at radius 2 is 2.11 bits per heavy atom. The topological polar surface area (TPSA) is 34.0 Å². The second-order valence-corrected chi connectivity index (χ2v) is 6.95. The molecule has 0 spiro atoms. The maximum absolute atomic E-state index is 12.4. The molecular formula is C15H23BrN2O. The van der Waals surface area contributed by atoms with Crippen molar-refractivity contribution in [3.63, 3.8) is 0 Å². The van der Waals surface area contributed by atoms with Crippen molar-refractivity contribution < 1.29 is 4.79 Å². The van der Waals surface area contributed by atoms with Crippen molar-refractivity contribution in [2.24, 2.45) is 11.8 Å². The lowest BCUT2D eigenvalue weighted by Gasteiger charge is -2.20. The Hall–Kier alpha value is -0.770. The van der Waals surface area contributed by atoms with Gasteiger partial charge in [-0.2, -0.15) is 0 Å². The highest BCUT2D eigenvalue weighted by Crippen LogP contribution is 2.31. The quantitative estimate of drug-likeness (QED) is 0.895. The van der Waals surface area contributed by atoms with Crippen LogP contribution in [0, 0.1) is 11.8 Å². The van der Waals surface area contributed by atoms with Gasteiger partial charge in [0.15, 0.2) is 0 Å². The number of nitrogens with zero attached hydrogens (tertiary/aromatic N) is 1. The van der Waals surface area contributed by atoms with Gasteiger partial charge in [0, 0.05) is 22.8 Å². The number of carbonyl (C=O) groups excluding carboxylic acids is 1. The fourth-order valence-corrected chi connectivity index (χ4v) is 3.30. The SMILES string of the molecule is CC1CCC(NC(=O)c2cc(Br)cn2C(C)C)C1C. The number of amides is 1. The van der Waals surface area contributed by atoms with Crippen molar-refractivity contribution in [2.45, 2.75) is 52.6 Å². The van der Waals surface area contributed by atoms with Crippen molar-refractivity contribution in [3.05, 3.63) is 22.4 Å². The molecule has 0 radical (unpaired) electrons. The average molecular weight is 327 g/mol.